The first-order valence-corrected chi connectivity index (χ1v) is 6.72. The van der Waals surface area contributed by atoms with Gasteiger partial charge in [-0.1, -0.05) is 15.9 Å². The van der Waals surface area contributed by atoms with Crippen LogP contribution in [0, 0.1) is 0 Å². The van der Waals surface area contributed by atoms with Crippen LogP contribution in [0.4, 0.5) is 0 Å². The number of carboxylic acid groups (broad SMARTS) is 1. The summed E-state index contributed by atoms with van der Waals surface area (Å²) in [6, 6.07) is 7.80. The Bertz CT molecular complexity index is 394. The number of aliphatic carboxylic acids is 1. The molecule has 0 radical (unpaired) electrons. The number of rotatable bonds is 6. The summed E-state index contributed by atoms with van der Waals surface area (Å²) in [5, 5.41) is 10.7. The highest BCUT2D eigenvalue weighted by Crippen LogP contribution is 2.20. The first-order valence-electron chi connectivity index (χ1n) is 4.95. The van der Waals surface area contributed by atoms with E-state index >= 15 is 0 Å². The van der Waals surface area contributed by atoms with Crippen LogP contribution in [-0.4, -0.2) is 29.3 Å². The van der Waals surface area contributed by atoms with Crippen LogP contribution in [0.3, 0.4) is 0 Å². The Balaban J connectivity index is 2.21. The second kappa shape index (κ2) is 7.34. The molecule has 92 valence electrons. The number of carbonyl (C=O) groups is 2. The standard InChI is InChI=1S/C11H12BrNO3S/c12-8-1-3-9(4-2-8)17-6-5-10(14)13-7-11(15)16/h1-4H,5-7H2,(H,13,14)(H,15,16). The molecule has 0 bridgehead atoms. The number of carbonyl (C=O) groups excluding carboxylic acids is 1. The molecule has 6 heteroatoms. The van der Waals surface area contributed by atoms with Crippen LogP contribution in [-0.2, 0) is 9.59 Å². The Morgan fingerprint density at radius 3 is 2.53 bits per heavy atom. The maximum absolute atomic E-state index is 11.2. The molecule has 1 aromatic carbocycles. The number of halogens is 1. The number of hydrogen-bond acceptors (Lipinski definition) is 3. The zero-order chi connectivity index (χ0) is 12.7. The van der Waals surface area contributed by atoms with E-state index in [-0.39, 0.29) is 12.5 Å². The third kappa shape index (κ3) is 6.33. The van der Waals surface area contributed by atoms with Gasteiger partial charge in [-0.05, 0) is 24.3 Å². The van der Waals surface area contributed by atoms with Crippen molar-refractivity contribution in [2.45, 2.75) is 11.3 Å². The van der Waals surface area contributed by atoms with Crippen LogP contribution < -0.4 is 5.32 Å². The van der Waals surface area contributed by atoms with Crippen molar-refractivity contribution < 1.29 is 14.7 Å². The number of benzene rings is 1. The quantitative estimate of drug-likeness (QED) is 0.789. The molecule has 1 aromatic rings. The fraction of sp³-hybridized carbons (Fsp3) is 0.273. The SMILES string of the molecule is O=C(O)CNC(=O)CCSc1ccc(Br)cc1. The van der Waals surface area contributed by atoms with Gasteiger partial charge >= 0.3 is 5.97 Å². The van der Waals surface area contributed by atoms with Crippen molar-refractivity contribution >= 4 is 39.6 Å². The highest BCUT2D eigenvalue weighted by Gasteiger charge is 2.03. The summed E-state index contributed by atoms with van der Waals surface area (Å²) in [4.78, 5) is 22.5. The molecule has 0 atom stereocenters. The lowest BCUT2D eigenvalue weighted by Crippen LogP contribution is -2.29. The molecule has 0 fully saturated rings. The van der Waals surface area contributed by atoms with Gasteiger partial charge in [0.05, 0.1) is 0 Å². The van der Waals surface area contributed by atoms with Crippen LogP contribution in [0.5, 0.6) is 0 Å². The van der Waals surface area contributed by atoms with Crippen LogP contribution >= 0.6 is 27.7 Å². The van der Waals surface area contributed by atoms with E-state index < -0.39 is 5.97 Å². The van der Waals surface area contributed by atoms with Crippen molar-refractivity contribution in [2.24, 2.45) is 0 Å². The second-order valence-electron chi connectivity index (χ2n) is 3.22. The van der Waals surface area contributed by atoms with Crippen molar-refractivity contribution in [3.63, 3.8) is 0 Å². The van der Waals surface area contributed by atoms with Crippen molar-refractivity contribution in [3.05, 3.63) is 28.7 Å². The molecular weight excluding hydrogens is 306 g/mol. The Morgan fingerprint density at radius 2 is 1.94 bits per heavy atom. The molecule has 0 aliphatic carbocycles. The van der Waals surface area contributed by atoms with E-state index in [1.807, 2.05) is 24.3 Å². The zero-order valence-electron chi connectivity index (χ0n) is 8.98. The Labute approximate surface area is 112 Å². The third-order valence-corrected chi connectivity index (χ3v) is 3.39. The van der Waals surface area contributed by atoms with Gasteiger partial charge in [-0.25, -0.2) is 0 Å². The number of amides is 1. The summed E-state index contributed by atoms with van der Waals surface area (Å²) < 4.78 is 1.01. The molecule has 0 heterocycles. The minimum absolute atomic E-state index is 0.239. The molecule has 0 saturated heterocycles. The molecule has 1 rings (SSSR count). The maximum Gasteiger partial charge on any atom is 0.322 e. The summed E-state index contributed by atoms with van der Waals surface area (Å²) >= 11 is 4.90. The molecule has 0 spiro atoms. The lowest BCUT2D eigenvalue weighted by Gasteiger charge is -2.03. The first kappa shape index (κ1) is 14.1. The van der Waals surface area contributed by atoms with Crippen LogP contribution in [0.1, 0.15) is 6.42 Å². The van der Waals surface area contributed by atoms with Gasteiger partial charge in [0.2, 0.25) is 5.91 Å². The van der Waals surface area contributed by atoms with E-state index in [1.165, 1.54) is 0 Å². The predicted octanol–water partition coefficient (Wildman–Crippen LogP) is 2.13. The highest BCUT2D eigenvalue weighted by molar-refractivity contribution is 9.10. The topological polar surface area (TPSA) is 66.4 Å². The predicted molar refractivity (Wildman–Crippen MR) is 70.1 cm³/mol. The van der Waals surface area contributed by atoms with Gasteiger partial charge in [0.25, 0.3) is 0 Å². The van der Waals surface area contributed by atoms with E-state index in [0.29, 0.717) is 12.2 Å². The first-order chi connectivity index (χ1) is 8.08. The smallest absolute Gasteiger partial charge is 0.322 e. The molecule has 0 unspecified atom stereocenters. The average molecular weight is 318 g/mol. The summed E-state index contributed by atoms with van der Waals surface area (Å²) in [6.45, 7) is -0.318. The van der Waals surface area contributed by atoms with Gasteiger partial charge in [-0.3, -0.25) is 9.59 Å². The molecule has 4 nitrogen and oxygen atoms in total. The number of nitrogens with one attached hydrogen (secondary N) is 1. The Kier molecular flexibility index (Phi) is 6.07. The number of thioether (sulfide) groups is 1. The summed E-state index contributed by atoms with van der Waals surface area (Å²) in [7, 11) is 0. The zero-order valence-corrected chi connectivity index (χ0v) is 11.4. The lowest BCUT2D eigenvalue weighted by atomic mass is 10.4. The van der Waals surface area contributed by atoms with Crippen molar-refractivity contribution in [1.82, 2.24) is 5.32 Å². The minimum atomic E-state index is -1.03. The van der Waals surface area contributed by atoms with Gasteiger partial charge in [0, 0.05) is 21.5 Å². The lowest BCUT2D eigenvalue weighted by molar-refractivity contribution is -0.137. The monoisotopic (exact) mass is 317 g/mol. The Morgan fingerprint density at radius 1 is 1.29 bits per heavy atom. The van der Waals surface area contributed by atoms with E-state index in [4.69, 9.17) is 5.11 Å². The van der Waals surface area contributed by atoms with Gasteiger partial charge in [0.15, 0.2) is 0 Å². The van der Waals surface area contributed by atoms with Crippen molar-refractivity contribution in [1.29, 1.82) is 0 Å². The molecular formula is C11H12BrNO3S. The molecule has 0 aliphatic heterocycles. The summed E-state index contributed by atoms with van der Waals surface area (Å²) in [6.07, 6.45) is 0.314. The molecule has 2 N–H and O–H groups in total. The van der Waals surface area contributed by atoms with Crippen LogP contribution in [0.2, 0.25) is 0 Å². The largest absolute Gasteiger partial charge is 0.480 e. The van der Waals surface area contributed by atoms with Gasteiger partial charge in [-0.15, -0.1) is 11.8 Å². The minimum Gasteiger partial charge on any atom is -0.480 e. The summed E-state index contributed by atoms with van der Waals surface area (Å²) in [5.74, 6) is -0.636. The van der Waals surface area contributed by atoms with Gasteiger partial charge in [0.1, 0.15) is 6.54 Å². The maximum atomic E-state index is 11.2. The molecule has 0 aromatic heterocycles. The highest BCUT2D eigenvalue weighted by atomic mass is 79.9. The fourth-order valence-electron chi connectivity index (χ4n) is 1.05. The van der Waals surface area contributed by atoms with Crippen LogP contribution in [0.25, 0.3) is 0 Å². The number of carboxylic acids is 1. The molecule has 1 amide bonds. The van der Waals surface area contributed by atoms with Gasteiger partial charge in [-0.2, -0.15) is 0 Å². The van der Waals surface area contributed by atoms with E-state index in [1.54, 1.807) is 11.8 Å². The Hall–Kier alpha value is -1.01. The second-order valence-corrected chi connectivity index (χ2v) is 5.31. The third-order valence-electron chi connectivity index (χ3n) is 1.85. The average Bonchev–Trinajstić information content (AvgIpc) is 2.29. The molecule has 17 heavy (non-hydrogen) atoms. The summed E-state index contributed by atoms with van der Waals surface area (Å²) in [5.41, 5.74) is 0. The van der Waals surface area contributed by atoms with E-state index in [2.05, 4.69) is 21.2 Å². The normalized spacial score (nSPS) is 9.94. The molecule has 0 saturated carbocycles. The fourth-order valence-corrected chi connectivity index (χ4v) is 2.17. The number of hydrogen-bond donors (Lipinski definition) is 2. The molecule has 0 aliphatic rings. The van der Waals surface area contributed by atoms with Crippen molar-refractivity contribution in [2.75, 3.05) is 12.3 Å². The van der Waals surface area contributed by atoms with E-state index in [0.717, 1.165) is 9.37 Å². The van der Waals surface area contributed by atoms with Gasteiger partial charge < -0.3 is 10.4 Å². The van der Waals surface area contributed by atoms with Crippen LogP contribution in [0.15, 0.2) is 33.6 Å². The van der Waals surface area contributed by atoms with E-state index in [9.17, 15) is 9.59 Å². The van der Waals surface area contributed by atoms with Crippen molar-refractivity contribution in [3.8, 4) is 0 Å².